The Morgan fingerprint density at radius 2 is 2.00 bits per heavy atom. The van der Waals surface area contributed by atoms with Crippen LogP contribution in [0.1, 0.15) is 28.5 Å². The molecule has 1 heterocycles. The number of benzene rings is 1. The van der Waals surface area contributed by atoms with E-state index in [2.05, 4.69) is 4.98 Å². The lowest BCUT2D eigenvalue weighted by Crippen LogP contribution is -2.17. The highest BCUT2D eigenvalue weighted by Crippen LogP contribution is 2.22. The fraction of sp³-hybridized carbons (Fsp3) is 0.286. The van der Waals surface area contributed by atoms with Crippen molar-refractivity contribution >= 4 is 22.7 Å². The molecule has 0 saturated heterocycles. The lowest BCUT2D eigenvalue weighted by molar-refractivity contribution is -0.137. The Balaban J connectivity index is 2.44. The number of rotatable bonds is 3. The molecule has 0 aliphatic carbocycles. The van der Waals surface area contributed by atoms with Gasteiger partial charge in [0, 0.05) is 22.2 Å². The first kappa shape index (κ1) is 12.4. The molecule has 0 aliphatic heterocycles. The van der Waals surface area contributed by atoms with Gasteiger partial charge in [-0.25, -0.2) is 4.79 Å². The number of aryl methyl sites for hydroxylation is 2. The monoisotopic (exact) mass is 245 g/mol. The number of H-pyrrole nitrogens is 1. The van der Waals surface area contributed by atoms with Crippen molar-refractivity contribution in [2.45, 2.75) is 20.8 Å². The SMILES string of the molecule is CCOC(=O)C(=O)c1ccc2[nH]c(C)c(C)c2c1. The first-order chi connectivity index (χ1) is 8.54. The van der Waals surface area contributed by atoms with Gasteiger partial charge in [-0.05, 0) is 44.5 Å². The van der Waals surface area contributed by atoms with Crippen LogP contribution in [0.15, 0.2) is 18.2 Å². The Morgan fingerprint density at radius 1 is 1.28 bits per heavy atom. The number of ether oxygens (including phenoxy) is 1. The number of carbonyl (C=O) groups is 2. The first-order valence-electron chi connectivity index (χ1n) is 5.85. The van der Waals surface area contributed by atoms with E-state index in [4.69, 9.17) is 4.74 Å². The van der Waals surface area contributed by atoms with E-state index >= 15 is 0 Å². The molecule has 1 aromatic heterocycles. The third kappa shape index (κ3) is 2.01. The van der Waals surface area contributed by atoms with Gasteiger partial charge < -0.3 is 9.72 Å². The fourth-order valence-electron chi connectivity index (χ4n) is 1.92. The molecule has 1 N–H and O–H groups in total. The van der Waals surface area contributed by atoms with E-state index in [1.54, 1.807) is 19.1 Å². The summed E-state index contributed by atoms with van der Waals surface area (Å²) in [4.78, 5) is 26.4. The lowest BCUT2D eigenvalue weighted by Gasteiger charge is -2.01. The zero-order valence-corrected chi connectivity index (χ0v) is 10.7. The molecule has 0 amide bonds. The van der Waals surface area contributed by atoms with E-state index in [9.17, 15) is 9.59 Å². The molecule has 2 aromatic rings. The molecule has 2 rings (SSSR count). The number of hydrogen-bond donors (Lipinski definition) is 1. The van der Waals surface area contributed by atoms with Crippen LogP contribution < -0.4 is 0 Å². The zero-order chi connectivity index (χ0) is 13.3. The highest BCUT2D eigenvalue weighted by atomic mass is 16.5. The molecular formula is C14H15NO3. The molecule has 0 saturated carbocycles. The minimum absolute atomic E-state index is 0.203. The Hall–Kier alpha value is -2.10. The van der Waals surface area contributed by atoms with Crippen LogP contribution >= 0.6 is 0 Å². The Kier molecular flexibility index (Phi) is 3.19. The molecular weight excluding hydrogens is 230 g/mol. The van der Waals surface area contributed by atoms with Crippen LogP contribution in [0.4, 0.5) is 0 Å². The summed E-state index contributed by atoms with van der Waals surface area (Å²) in [6.45, 7) is 5.83. The molecule has 0 spiro atoms. The van der Waals surface area contributed by atoms with Crippen LogP contribution in [0.5, 0.6) is 0 Å². The van der Waals surface area contributed by atoms with Crippen LogP contribution in [0.25, 0.3) is 10.9 Å². The number of Topliss-reactive ketones (excluding diaryl/α,β-unsaturated/α-hetero) is 1. The predicted molar refractivity (Wildman–Crippen MR) is 68.7 cm³/mol. The van der Waals surface area contributed by atoms with E-state index in [-0.39, 0.29) is 6.61 Å². The topological polar surface area (TPSA) is 59.2 Å². The number of fused-ring (bicyclic) bond motifs is 1. The van der Waals surface area contributed by atoms with Crippen molar-refractivity contribution in [2.75, 3.05) is 6.61 Å². The van der Waals surface area contributed by atoms with E-state index < -0.39 is 11.8 Å². The van der Waals surface area contributed by atoms with Crippen molar-refractivity contribution in [3.63, 3.8) is 0 Å². The summed E-state index contributed by atoms with van der Waals surface area (Å²) >= 11 is 0. The highest BCUT2D eigenvalue weighted by Gasteiger charge is 2.18. The molecule has 1 aromatic carbocycles. The van der Waals surface area contributed by atoms with Crippen molar-refractivity contribution < 1.29 is 14.3 Å². The van der Waals surface area contributed by atoms with Crippen molar-refractivity contribution in [3.8, 4) is 0 Å². The summed E-state index contributed by atoms with van der Waals surface area (Å²) in [5, 5.41) is 0.961. The number of esters is 1. The van der Waals surface area contributed by atoms with Gasteiger partial charge in [-0.2, -0.15) is 0 Å². The second kappa shape index (κ2) is 4.64. The Labute approximate surface area is 105 Å². The summed E-state index contributed by atoms with van der Waals surface area (Å²) in [5.41, 5.74) is 3.47. The second-order valence-corrected chi connectivity index (χ2v) is 4.18. The summed E-state index contributed by atoms with van der Waals surface area (Å²) in [6.07, 6.45) is 0. The van der Waals surface area contributed by atoms with Gasteiger partial charge in [-0.15, -0.1) is 0 Å². The van der Waals surface area contributed by atoms with Crippen molar-refractivity contribution in [1.82, 2.24) is 4.98 Å². The number of aromatic nitrogens is 1. The second-order valence-electron chi connectivity index (χ2n) is 4.18. The third-order valence-electron chi connectivity index (χ3n) is 3.03. The van der Waals surface area contributed by atoms with Crippen LogP contribution in [0.2, 0.25) is 0 Å². The normalized spacial score (nSPS) is 10.6. The maximum atomic E-state index is 11.8. The summed E-state index contributed by atoms with van der Waals surface area (Å²) in [6, 6.07) is 5.17. The Bertz CT molecular complexity index is 625. The van der Waals surface area contributed by atoms with Gasteiger partial charge in [0.1, 0.15) is 0 Å². The molecule has 0 atom stereocenters. The molecule has 0 aliphatic rings. The standard InChI is InChI=1S/C14H15NO3/c1-4-18-14(17)13(16)10-5-6-12-11(7-10)8(2)9(3)15-12/h5-7,15H,4H2,1-3H3. The molecule has 4 heteroatoms. The molecule has 0 bridgehead atoms. The Morgan fingerprint density at radius 3 is 2.67 bits per heavy atom. The average Bonchev–Trinajstić information content (AvgIpc) is 2.64. The molecule has 0 radical (unpaired) electrons. The predicted octanol–water partition coefficient (Wildman–Crippen LogP) is 2.53. The maximum absolute atomic E-state index is 11.8. The summed E-state index contributed by atoms with van der Waals surface area (Å²) in [7, 11) is 0. The molecule has 94 valence electrons. The molecule has 0 fully saturated rings. The first-order valence-corrected chi connectivity index (χ1v) is 5.85. The zero-order valence-electron chi connectivity index (χ0n) is 10.7. The fourth-order valence-corrected chi connectivity index (χ4v) is 1.92. The molecule has 4 nitrogen and oxygen atoms in total. The highest BCUT2D eigenvalue weighted by molar-refractivity contribution is 6.40. The average molecular weight is 245 g/mol. The summed E-state index contributed by atoms with van der Waals surface area (Å²) in [5.74, 6) is -1.40. The van der Waals surface area contributed by atoms with E-state index in [0.29, 0.717) is 5.56 Å². The third-order valence-corrected chi connectivity index (χ3v) is 3.03. The van der Waals surface area contributed by atoms with Gasteiger partial charge in [0.15, 0.2) is 0 Å². The molecule has 0 unspecified atom stereocenters. The van der Waals surface area contributed by atoms with Gasteiger partial charge in [0.25, 0.3) is 5.78 Å². The largest absolute Gasteiger partial charge is 0.460 e. The number of nitrogens with one attached hydrogen (secondary N) is 1. The quantitative estimate of drug-likeness (QED) is 0.513. The van der Waals surface area contributed by atoms with Crippen molar-refractivity contribution in [2.24, 2.45) is 0 Å². The van der Waals surface area contributed by atoms with Crippen molar-refractivity contribution in [1.29, 1.82) is 0 Å². The number of aromatic amines is 1. The van der Waals surface area contributed by atoms with Gasteiger partial charge in [-0.1, -0.05) is 0 Å². The van der Waals surface area contributed by atoms with Crippen LogP contribution in [-0.4, -0.2) is 23.3 Å². The molecule has 18 heavy (non-hydrogen) atoms. The van der Waals surface area contributed by atoms with Gasteiger partial charge in [-0.3, -0.25) is 4.79 Å². The minimum atomic E-state index is -0.804. The number of carbonyl (C=O) groups excluding carboxylic acids is 2. The van der Waals surface area contributed by atoms with Crippen LogP contribution in [-0.2, 0) is 9.53 Å². The van der Waals surface area contributed by atoms with E-state index in [1.165, 1.54) is 0 Å². The number of hydrogen-bond acceptors (Lipinski definition) is 3. The summed E-state index contributed by atoms with van der Waals surface area (Å²) < 4.78 is 4.71. The lowest BCUT2D eigenvalue weighted by atomic mass is 10.1. The maximum Gasteiger partial charge on any atom is 0.379 e. The van der Waals surface area contributed by atoms with Gasteiger partial charge >= 0.3 is 5.97 Å². The minimum Gasteiger partial charge on any atom is -0.460 e. The van der Waals surface area contributed by atoms with Crippen LogP contribution in [0, 0.1) is 13.8 Å². The number of ketones is 1. The smallest absolute Gasteiger partial charge is 0.379 e. The van der Waals surface area contributed by atoms with E-state index in [0.717, 1.165) is 22.2 Å². The van der Waals surface area contributed by atoms with Gasteiger partial charge in [0.05, 0.1) is 6.61 Å². The van der Waals surface area contributed by atoms with Crippen LogP contribution in [0.3, 0.4) is 0 Å². The van der Waals surface area contributed by atoms with Gasteiger partial charge in [0.2, 0.25) is 0 Å². The van der Waals surface area contributed by atoms with E-state index in [1.807, 2.05) is 19.9 Å². The van der Waals surface area contributed by atoms with Crippen molar-refractivity contribution in [3.05, 3.63) is 35.0 Å².